The Morgan fingerprint density at radius 3 is 2.38 bits per heavy atom. The summed E-state index contributed by atoms with van der Waals surface area (Å²) >= 11 is 0. The highest BCUT2D eigenvalue weighted by Gasteiger charge is 1.96. The average Bonchev–Trinajstić information content (AvgIpc) is 2.20. The van der Waals surface area contributed by atoms with Gasteiger partial charge in [-0.05, 0) is 31.4 Å². The zero-order valence-corrected chi connectivity index (χ0v) is 12.7. The summed E-state index contributed by atoms with van der Waals surface area (Å²) in [6, 6.07) is 8.00. The van der Waals surface area contributed by atoms with Gasteiger partial charge in [0.15, 0.2) is 0 Å². The molecule has 16 heavy (non-hydrogen) atoms. The molecule has 92 valence electrons. The van der Waals surface area contributed by atoms with E-state index in [1.807, 2.05) is 24.3 Å². The molecule has 0 N–H and O–H groups in total. The molecule has 0 bridgehead atoms. The first kappa shape index (κ1) is 15.9. The van der Waals surface area contributed by atoms with Gasteiger partial charge >= 0.3 is 0 Å². The number of rotatable bonds is 6. The van der Waals surface area contributed by atoms with Crippen molar-refractivity contribution < 1.29 is 9.05 Å². The molecular weight excluding hydrogens is 287 g/mol. The summed E-state index contributed by atoms with van der Waals surface area (Å²) in [5.74, 6) is 1.57. The Kier molecular flexibility index (Phi) is 8.91. The smallest absolute Gasteiger partial charge is 0.215 e. The van der Waals surface area contributed by atoms with Crippen molar-refractivity contribution in [3.05, 3.63) is 29.8 Å². The van der Waals surface area contributed by atoms with Gasteiger partial charge in [-0.15, -0.1) is 17.0 Å². The third kappa shape index (κ3) is 7.21. The van der Waals surface area contributed by atoms with Crippen LogP contribution in [0, 0.1) is 12.8 Å². The van der Waals surface area contributed by atoms with E-state index in [0.29, 0.717) is 5.92 Å². The molecule has 1 aromatic carbocycles. The van der Waals surface area contributed by atoms with Crippen LogP contribution in [-0.4, -0.2) is 6.61 Å². The molecule has 0 aliphatic rings. The van der Waals surface area contributed by atoms with Gasteiger partial charge in [0.05, 0.1) is 6.61 Å². The SMILES string of the molecule is Br.Cc1ccc(OPOCCC(C)C)cc1. The van der Waals surface area contributed by atoms with Crippen LogP contribution in [0.3, 0.4) is 0 Å². The lowest BCUT2D eigenvalue weighted by Gasteiger charge is -2.07. The molecule has 0 spiro atoms. The standard InChI is InChI=1S/C12H19O2P.BrH/c1-10(2)8-9-13-15-14-12-6-4-11(3)5-7-12;/h4-7,10,15H,8-9H2,1-3H3;1H. The third-order valence-corrected chi connectivity index (χ3v) is 2.68. The molecule has 0 saturated heterocycles. The first-order chi connectivity index (χ1) is 7.18. The Morgan fingerprint density at radius 1 is 1.19 bits per heavy atom. The second-order valence-corrected chi connectivity index (χ2v) is 4.69. The van der Waals surface area contributed by atoms with Gasteiger partial charge in [-0.1, -0.05) is 31.5 Å². The second-order valence-electron chi connectivity index (χ2n) is 4.03. The van der Waals surface area contributed by atoms with Crippen molar-refractivity contribution in [1.82, 2.24) is 0 Å². The molecule has 4 heteroatoms. The van der Waals surface area contributed by atoms with E-state index in [9.17, 15) is 0 Å². The summed E-state index contributed by atoms with van der Waals surface area (Å²) in [6.07, 6.45) is 1.09. The molecule has 1 unspecified atom stereocenters. The van der Waals surface area contributed by atoms with Gasteiger partial charge in [0.1, 0.15) is 5.75 Å². The van der Waals surface area contributed by atoms with Crippen molar-refractivity contribution in [2.75, 3.05) is 6.61 Å². The van der Waals surface area contributed by atoms with Crippen LogP contribution in [0.15, 0.2) is 24.3 Å². The van der Waals surface area contributed by atoms with Gasteiger partial charge in [0.25, 0.3) is 0 Å². The lowest BCUT2D eigenvalue weighted by atomic mass is 10.2. The number of aryl methyl sites for hydroxylation is 1. The second kappa shape index (κ2) is 8.98. The molecule has 0 radical (unpaired) electrons. The maximum Gasteiger partial charge on any atom is 0.215 e. The number of hydrogen-bond acceptors (Lipinski definition) is 2. The summed E-state index contributed by atoms with van der Waals surface area (Å²) in [5, 5.41) is 0. The summed E-state index contributed by atoms with van der Waals surface area (Å²) in [5.41, 5.74) is 1.24. The van der Waals surface area contributed by atoms with E-state index >= 15 is 0 Å². The lowest BCUT2D eigenvalue weighted by Crippen LogP contribution is -1.94. The topological polar surface area (TPSA) is 18.5 Å². The maximum absolute atomic E-state index is 5.45. The number of hydrogen-bond donors (Lipinski definition) is 0. The molecule has 0 saturated carbocycles. The van der Waals surface area contributed by atoms with Gasteiger partial charge < -0.3 is 9.05 Å². The van der Waals surface area contributed by atoms with E-state index in [2.05, 4.69) is 20.8 Å². The summed E-state index contributed by atoms with van der Waals surface area (Å²) in [7, 11) is 0.106. The predicted octanol–water partition coefficient (Wildman–Crippen LogP) is 4.52. The fraction of sp³-hybridized carbons (Fsp3) is 0.500. The Labute approximate surface area is 110 Å². The zero-order chi connectivity index (χ0) is 11.1. The summed E-state index contributed by atoms with van der Waals surface area (Å²) in [4.78, 5) is 0. The minimum Gasteiger partial charge on any atom is -0.450 e. The highest BCUT2D eigenvalue weighted by atomic mass is 79.9. The molecule has 1 aromatic rings. The van der Waals surface area contributed by atoms with Gasteiger partial charge in [0.2, 0.25) is 9.03 Å². The van der Waals surface area contributed by atoms with Gasteiger partial charge in [-0.25, -0.2) is 0 Å². The van der Waals surface area contributed by atoms with Crippen molar-refractivity contribution >= 4 is 26.0 Å². The lowest BCUT2D eigenvalue weighted by molar-refractivity contribution is 0.301. The van der Waals surface area contributed by atoms with Crippen LogP contribution in [0.5, 0.6) is 5.75 Å². The average molecular weight is 307 g/mol. The Hall–Kier alpha value is -0.110. The molecule has 0 aromatic heterocycles. The molecule has 2 nitrogen and oxygen atoms in total. The van der Waals surface area contributed by atoms with Crippen molar-refractivity contribution in [1.29, 1.82) is 0 Å². The minimum absolute atomic E-state index is 0. The molecular formula is C12H20BrO2P. The van der Waals surface area contributed by atoms with Crippen LogP contribution in [0.2, 0.25) is 0 Å². The Bertz CT molecular complexity index is 275. The number of benzene rings is 1. The Morgan fingerprint density at radius 2 is 1.81 bits per heavy atom. The molecule has 0 heterocycles. The third-order valence-electron chi connectivity index (χ3n) is 2.04. The molecule has 0 aliphatic carbocycles. The van der Waals surface area contributed by atoms with E-state index in [4.69, 9.17) is 9.05 Å². The molecule has 0 aliphatic heterocycles. The monoisotopic (exact) mass is 306 g/mol. The van der Waals surface area contributed by atoms with E-state index in [1.54, 1.807) is 0 Å². The van der Waals surface area contributed by atoms with Gasteiger partial charge in [-0.3, -0.25) is 0 Å². The van der Waals surface area contributed by atoms with Gasteiger partial charge in [0, 0.05) is 0 Å². The highest BCUT2D eigenvalue weighted by molar-refractivity contribution is 8.93. The molecule has 0 fully saturated rings. The first-order valence-electron chi connectivity index (χ1n) is 5.29. The molecule has 0 amide bonds. The van der Waals surface area contributed by atoms with Crippen LogP contribution >= 0.6 is 26.0 Å². The van der Waals surface area contributed by atoms with E-state index < -0.39 is 0 Å². The van der Waals surface area contributed by atoms with Gasteiger partial charge in [-0.2, -0.15) is 0 Å². The van der Waals surface area contributed by atoms with E-state index in [-0.39, 0.29) is 26.0 Å². The quantitative estimate of drug-likeness (QED) is 0.568. The van der Waals surface area contributed by atoms with E-state index in [1.165, 1.54) is 5.56 Å². The van der Waals surface area contributed by atoms with Crippen molar-refractivity contribution in [3.63, 3.8) is 0 Å². The summed E-state index contributed by atoms with van der Waals surface area (Å²) in [6.45, 7) is 7.22. The van der Waals surface area contributed by atoms with Crippen LogP contribution < -0.4 is 4.52 Å². The first-order valence-corrected chi connectivity index (χ1v) is 6.10. The normalized spacial score (nSPS) is 10.8. The van der Waals surface area contributed by atoms with Crippen LogP contribution in [-0.2, 0) is 4.52 Å². The minimum atomic E-state index is 0. The highest BCUT2D eigenvalue weighted by Crippen LogP contribution is 2.22. The summed E-state index contributed by atoms with van der Waals surface area (Å²) < 4.78 is 10.8. The largest absolute Gasteiger partial charge is 0.450 e. The fourth-order valence-corrected chi connectivity index (χ4v) is 1.51. The van der Waals surface area contributed by atoms with Crippen LogP contribution in [0.25, 0.3) is 0 Å². The maximum atomic E-state index is 5.45. The van der Waals surface area contributed by atoms with Crippen molar-refractivity contribution in [3.8, 4) is 5.75 Å². The van der Waals surface area contributed by atoms with E-state index in [0.717, 1.165) is 18.8 Å². The van der Waals surface area contributed by atoms with Crippen molar-refractivity contribution in [2.45, 2.75) is 27.2 Å². The van der Waals surface area contributed by atoms with Crippen LogP contribution in [0.1, 0.15) is 25.8 Å². The Balaban J connectivity index is 0.00000225. The molecule has 1 atom stereocenters. The van der Waals surface area contributed by atoms with Crippen LogP contribution in [0.4, 0.5) is 0 Å². The predicted molar refractivity (Wildman–Crippen MR) is 75.9 cm³/mol. The zero-order valence-electron chi connectivity index (χ0n) is 10.0. The number of halogens is 1. The molecule has 1 rings (SSSR count). The fourth-order valence-electron chi connectivity index (χ4n) is 1.02. The van der Waals surface area contributed by atoms with Crippen molar-refractivity contribution in [2.24, 2.45) is 5.92 Å².